The number of carboxylic acids is 1. The number of hydrogen-bond donors (Lipinski definition) is 1. The largest absolute Gasteiger partial charge is 0.478 e. The number of carboxylic acid groups (broad SMARTS) is 1. The van der Waals surface area contributed by atoms with Crippen molar-refractivity contribution in [2.24, 2.45) is 0 Å². The summed E-state index contributed by atoms with van der Waals surface area (Å²) in [5.74, 6) is 1.28. The maximum Gasteiger partial charge on any atom is 0.335 e. The van der Waals surface area contributed by atoms with Gasteiger partial charge in [0.1, 0.15) is 5.69 Å². The van der Waals surface area contributed by atoms with Crippen LogP contribution in [-0.4, -0.2) is 40.4 Å². The molecule has 31 heavy (non-hydrogen) atoms. The molecule has 160 valence electrons. The molecule has 0 spiro atoms. The first kappa shape index (κ1) is 19.6. The summed E-state index contributed by atoms with van der Waals surface area (Å²) >= 11 is 0. The second-order valence-electron chi connectivity index (χ2n) is 8.10. The molecule has 2 aliphatic rings. The van der Waals surface area contributed by atoms with E-state index in [0.29, 0.717) is 22.8 Å². The van der Waals surface area contributed by atoms with Gasteiger partial charge in [0.25, 0.3) is 0 Å². The summed E-state index contributed by atoms with van der Waals surface area (Å²) in [4.78, 5) is 23.7. The van der Waals surface area contributed by atoms with E-state index >= 15 is 0 Å². The molecule has 1 saturated heterocycles. The first-order valence-corrected chi connectivity index (χ1v) is 10.9. The SMILES string of the molecule is CCCCC1CCCN1c1nc2cc(C(=O)O)ccc2nc1-c1ccc2c(c1)OCO2. The van der Waals surface area contributed by atoms with Crippen molar-refractivity contribution < 1.29 is 19.4 Å². The number of benzene rings is 2. The lowest BCUT2D eigenvalue weighted by molar-refractivity contribution is 0.0697. The monoisotopic (exact) mass is 419 g/mol. The Hall–Kier alpha value is -3.35. The number of rotatable bonds is 6. The predicted octanol–water partition coefficient (Wildman–Crippen LogP) is 4.88. The molecule has 3 heterocycles. The topological polar surface area (TPSA) is 84.8 Å². The fraction of sp³-hybridized carbons (Fsp3) is 0.375. The lowest BCUT2D eigenvalue weighted by Gasteiger charge is -2.27. The average molecular weight is 419 g/mol. The summed E-state index contributed by atoms with van der Waals surface area (Å²) in [6.45, 7) is 3.35. The van der Waals surface area contributed by atoms with E-state index in [-0.39, 0.29) is 12.4 Å². The molecule has 0 bridgehead atoms. The second kappa shape index (κ2) is 8.06. The van der Waals surface area contributed by atoms with Crippen molar-refractivity contribution in [1.29, 1.82) is 0 Å². The maximum atomic E-state index is 11.5. The van der Waals surface area contributed by atoms with Gasteiger partial charge in [-0.15, -0.1) is 0 Å². The van der Waals surface area contributed by atoms with Crippen LogP contribution >= 0.6 is 0 Å². The number of anilines is 1. The lowest BCUT2D eigenvalue weighted by atomic mass is 10.1. The smallest absolute Gasteiger partial charge is 0.335 e. The number of nitrogens with zero attached hydrogens (tertiary/aromatic N) is 3. The Bertz CT molecular complexity index is 1150. The van der Waals surface area contributed by atoms with Crippen LogP contribution in [0.5, 0.6) is 11.5 Å². The highest BCUT2D eigenvalue weighted by Crippen LogP contribution is 2.40. The van der Waals surface area contributed by atoms with Crippen LogP contribution in [0.2, 0.25) is 0 Å². The Balaban J connectivity index is 1.66. The number of aromatic carboxylic acids is 1. The van der Waals surface area contributed by atoms with Gasteiger partial charge in [-0.2, -0.15) is 0 Å². The Labute approximate surface area is 180 Å². The van der Waals surface area contributed by atoms with E-state index in [1.165, 1.54) is 6.42 Å². The first-order chi connectivity index (χ1) is 15.1. The van der Waals surface area contributed by atoms with E-state index in [1.54, 1.807) is 18.2 Å². The van der Waals surface area contributed by atoms with Gasteiger partial charge in [-0.3, -0.25) is 0 Å². The van der Waals surface area contributed by atoms with Crippen molar-refractivity contribution in [1.82, 2.24) is 9.97 Å². The Kier molecular flexibility index (Phi) is 5.10. The van der Waals surface area contributed by atoms with Crippen LogP contribution in [0, 0.1) is 0 Å². The van der Waals surface area contributed by atoms with Crippen molar-refractivity contribution in [3.63, 3.8) is 0 Å². The van der Waals surface area contributed by atoms with Crippen molar-refractivity contribution in [3.8, 4) is 22.8 Å². The Morgan fingerprint density at radius 3 is 2.84 bits per heavy atom. The Morgan fingerprint density at radius 1 is 1.13 bits per heavy atom. The summed E-state index contributed by atoms with van der Waals surface area (Å²) < 4.78 is 11.0. The molecular formula is C24H25N3O4. The van der Waals surface area contributed by atoms with E-state index in [4.69, 9.17) is 19.4 Å². The minimum Gasteiger partial charge on any atom is -0.478 e. The van der Waals surface area contributed by atoms with Gasteiger partial charge in [0.05, 0.1) is 16.6 Å². The highest BCUT2D eigenvalue weighted by atomic mass is 16.7. The summed E-state index contributed by atoms with van der Waals surface area (Å²) in [5.41, 5.74) is 3.19. The van der Waals surface area contributed by atoms with Crippen molar-refractivity contribution in [3.05, 3.63) is 42.0 Å². The summed E-state index contributed by atoms with van der Waals surface area (Å²) in [7, 11) is 0. The zero-order valence-electron chi connectivity index (χ0n) is 17.5. The quantitative estimate of drug-likeness (QED) is 0.609. The molecule has 7 heteroatoms. The number of carbonyl (C=O) groups is 1. The molecular weight excluding hydrogens is 394 g/mol. The molecule has 2 aliphatic heterocycles. The summed E-state index contributed by atoms with van der Waals surface area (Å²) in [6, 6.07) is 11.2. The molecule has 1 N–H and O–H groups in total. The van der Waals surface area contributed by atoms with E-state index in [0.717, 1.165) is 55.1 Å². The minimum atomic E-state index is -0.966. The number of aromatic nitrogens is 2. The highest BCUT2D eigenvalue weighted by Gasteiger charge is 2.29. The van der Waals surface area contributed by atoms with Gasteiger partial charge in [-0.1, -0.05) is 19.8 Å². The molecule has 0 saturated carbocycles. The van der Waals surface area contributed by atoms with Crippen molar-refractivity contribution in [2.75, 3.05) is 18.2 Å². The zero-order chi connectivity index (χ0) is 21.4. The van der Waals surface area contributed by atoms with Crippen LogP contribution in [0.25, 0.3) is 22.3 Å². The van der Waals surface area contributed by atoms with Crippen LogP contribution < -0.4 is 14.4 Å². The molecule has 0 aliphatic carbocycles. The molecule has 5 rings (SSSR count). The molecule has 2 aromatic carbocycles. The molecule has 0 radical (unpaired) electrons. The van der Waals surface area contributed by atoms with Gasteiger partial charge < -0.3 is 19.5 Å². The van der Waals surface area contributed by atoms with E-state index < -0.39 is 5.97 Å². The summed E-state index contributed by atoms with van der Waals surface area (Å²) in [5, 5.41) is 9.40. The fourth-order valence-electron chi connectivity index (χ4n) is 4.47. The molecule has 1 fully saturated rings. The fourth-order valence-corrected chi connectivity index (χ4v) is 4.47. The van der Waals surface area contributed by atoms with Crippen molar-refractivity contribution >= 4 is 22.8 Å². The third kappa shape index (κ3) is 3.65. The zero-order valence-corrected chi connectivity index (χ0v) is 17.5. The van der Waals surface area contributed by atoms with Crippen LogP contribution in [0.4, 0.5) is 5.82 Å². The highest BCUT2D eigenvalue weighted by molar-refractivity contribution is 5.93. The number of hydrogen-bond acceptors (Lipinski definition) is 6. The number of ether oxygens (including phenoxy) is 2. The number of fused-ring (bicyclic) bond motifs is 2. The molecule has 0 amide bonds. The van der Waals surface area contributed by atoms with Crippen LogP contribution in [-0.2, 0) is 0 Å². The number of unbranched alkanes of at least 4 members (excludes halogenated alkanes) is 1. The lowest BCUT2D eigenvalue weighted by Crippen LogP contribution is -2.30. The van der Waals surface area contributed by atoms with Gasteiger partial charge >= 0.3 is 5.97 Å². The maximum absolute atomic E-state index is 11.5. The molecule has 7 nitrogen and oxygen atoms in total. The predicted molar refractivity (Wildman–Crippen MR) is 118 cm³/mol. The third-order valence-electron chi connectivity index (χ3n) is 6.08. The van der Waals surface area contributed by atoms with Gasteiger partial charge in [0, 0.05) is 18.2 Å². The average Bonchev–Trinajstić information content (AvgIpc) is 3.45. The second-order valence-corrected chi connectivity index (χ2v) is 8.10. The van der Waals surface area contributed by atoms with Gasteiger partial charge in [0.15, 0.2) is 17.3 Å². The first-order valence-electron chi connectivity index (χ1n) is 10.9. The van der Waals surface area contributed by atoms with Gasteiger partial charge in [0.2, 0.25) is 6.79 Å². The van der Waals surface area contributed by atoms with Crippen LogP contribution in [0.15, 0.2) is 36.4 Å². The molecule has 3 aromatic rings. The standard InChI is InChI=1S/C24H25N3O4/c1-2-3-5-17-6-4-11-27(17)23-22(15-8-10-20-21(13-15)31-14-30-20)25-18-9-7-16(24(28)29)12-19(18)26-23/h7-10,12-13,17H,2-6,11,14H2,1H3,(H,28,29). The van der Waals surface area contributed by atoms with Crippen molar-refractivity contribution in [2.45, 2.75) is 45.1 Å². The van der Waals surface area contributed by atoms with E-state index in [2.05, 4.69) is 11.8 Å². The van der Waals surface area contributed by atoms with Crippen LogP contribution in [0.1, 0.15) is 49.4 Å². The van der Waals surface area contributed by atoms with Crippen LogP contribution in [0.3, 0.4) is 0 Å². The normalized spacial score (nSPS) is 17.5. The van der Waals surface area contributed by atoms with Gasteiger partial charge in [-0.05, 0) is 55.7 Å². The third-order valence-corrected chi connectivity index (χ3v) is 6.08. The molecule has 1 aromatic heterocycles. The van der Waals surface area contributed by atoms with E-state index in [9.17, 15) is 9.90 Å². The minimum absolute atomic E-state index is 0.215. The van der Waals surface area contributed by atoms with Gasteiger partial charge in [-0.25, -0.2) is 14.8 Å². The Morgan fingerprint density at radius 2 is 2.00 bits per heavy atom. The van der Waals surface area contributed by atoms with E-state index in [1.807, 2.05) is 18.2 Å². The molecule has 1 unspecified atom stereocenters. The molecule has 1 atom stereocenters. The summed E-state index contributed by atoms with van der Waals surface area (Å²) in [6.07, 6.45) is 5.70.